The van der Waals surface area contributed by atoms with Crippen molar-refractivity contribution in [2.75, 3.05) is 26.2 Å². The van der Waals surface area contributed by atoms with E-state index in [4.69, 9.17) is 46.1 Å². The van der Waals surface area contributed by atoms with Gasteiger partial charge >= 0.3 is 2.85 Å². The van der Waals surface area contributed by atoms with Crippen LogP contribution in [-0.4, -0.2) is 59.8 Å². The molecule has 14 heteroatoms. The van der Waals surface area contributed by atoms with Gasteiger partial charge in [-0.2, -0.15) is 9.98 Å². The first kappa shape index (κ1) is 34.8. The van der Waals surface area contributed by atoms with E-state index in [1.165, 1.54) is 0 Å². The summed E-state index contributed by atoms with van der Waals surface area (Å²) >= 11 is 11.9. The standard InChI is InChI=1S/C28H36Cl2N12.CH4/c29-21-5-9-23(10-6-21)37-25(33)39-27(35)41(15-13-31)17-19-1-2-20(4-3-19)18-42(16-14-32)28(36)40-26(34)38-24-11-7-22(30)8-12-24;/h1-12H,13-18,31-32H2,(H4,33,35,37,39)(H4,34,36,38,40);1H4/p+4. The van der Waals surface area contributed by atoms with Crippen molar-refractivity contribution in [3.8, 4) is 0 Å². The van der Waals surface area contributed by atoms with Gasteiger partial charge < -0.3 is 44.2 Å². The molecule has 0 spiro atoms. The molecule has 3 rings (SSSR count). The highest BCUT2D eigenvalue weighted by molar-refractivity contribution is 6.30. The lowest BCUT2D eigenvalue weighted by atomic mass is 10.1. The second-order valence-electron chi connectivity index (χ2n) is 9.20. The third-order valence-electron chi connectivity index (χ3n) is 5.87. The van der Waals surface area contributed by atoms with Gasteiger partial charge in [-0.15, -0.1) is 0 Å². The van der Waals surface area contributed by atoms with Crippen LogP contribution in [0.25, 0.3) is 0 Å². The van der Waals surface area contributed by atoms with Crippen molar-refractivity contribution in [1.29, 1.82) is 0 Å². The van der Waals surface area contributed by atoms with E-state index in [-0.39, 0.29) is 34.1 Å². The fraction of sp³-hybridized carbons (Fsp3) is 0.241. The maximum Gasteiger partial charge on any atom is 1.00 e. The molecular formula is C29H44Cl2N12+4. The molecule has 3 aromatic rings. The lowest BCUT2D eigenvalue weighted by Crippen LogP contribution is -2.56. The number of aliphatic imine (C=N–C) groups is 4. The summed E-state index contributed by atoms with van der Waals surface area (Å²) in [7, 11) is 0. The molecule has 0 saturated carbocycles. The molecule has 0 aliphatic carbocycles. The van der Waals surface area contributed by atoms with Crippen molar-refractivity contribution < 1.29 is 14.3 Å². The molecule has 0 atom stereocenters. The Balaban J connectivity index is 0.00000645. The molecule has 3 aromatic carbocycles. The number of nitrogens with zero attached hydrogens (tertiary/aromatic N) is 6. The molecule has 0 amide bonds. The molecule has 12 nitrogen and oxygen atoms in total. The minimum atomic E-state index is 0. The molecule has 0 fully saturated rings. The minimum absolute atomic E-state index is 0. The van der Waals surface area contributed by atoms with Crippen molar-refractivity contribution in [2.24, 2.45) is 42.9 Å². The van der Waals surface area contributed by atoms with Crippen LogP contribution in [0.3, 0.4) is 0 Å². The maximum absolute atomic E-state index is 6.29. The predicted molar refractivity (Wildman–Crippen MR) is 180 cm³/mol. The van der Waals surface area contributed by atoms with E-state index >= 15 is 0 Å². The van der Waals surface area contributed by atoms with Gasteiger partial charge in [-0.05, 0) is 59.7 Å². The molecule has 0 radical (unpaired) electrons. The largest absolute Gasteiger partial charge is 1.00 e. The van der Waals surface area contributed by atoms with Crippen molar-refractivity contribution in [2.45, 2.75) is 20.5 Å². The zero-order valence-electron chi connectivity index (χ0n) is 25.3. The van der Waals surface area contributed by atoms with Crippen LogP contribution in [0.5, 0.6) is 0 Å². The smallest absolute Gasteiger partial charge is 0.369 e. The topological polar surface area (TPSA) is 215 Å². The monoisotopic (exact) mass is 630 g/mol. The maximum atomic E-state index is 6.29. The third kappa shape index (κ3) is 11.8. The first-order valence-corrected chi connectivity index (χ1v) is 14.0. The Kier molecular flexibility index (Phi) is 14.2. The number of rotatable bonds is 10. The number of guanidine groups is 4. The molecule has 0 aliphatic heterocycles. The molecule has 0 saturated heterocycles. The van der Waals surface area contributed by atoms with Crippen LogP contribution in [0.1, 0.15) is 21.4 Å². The zero-order valence-corrected chi connectivity index (χ0v) is 24.8. The van der Waals surface area contributed by atoms with Crippen LogP contribution in [0.15, 0.2) is 92.8 Å². The van der Waals surface area contributed by atoms with E-state index in [9.17, 15) is 0 Å². The van der Waals surface area contributed by atoms with Gasteiger partial charge in [0.05, 0.1) is 37.6 Å². The van der Waals surface area contributed by atoms with Crippen LogP contribution in [0.2, 0.25) is 10.0 Å². The molecule has 0 bridgehead atoms. The quantitative estimate of drug-likeness (QED) is 0.145. The van der Waals surface area contributed by atoms with Crippen molar-refractivity contribution in [3.05, 3.63) is 94.0 Å². The Morgan fingerprint density at radius 1 is 0.605 bits per heavy atom. The van der Waals surface area contributed by atoms with Crippen molar-refractivity contribution >= 4 is 58.4 Å². The van der Waals surface area contributed by atoms with Gasteiger partial charge in [0.15, 0.2) is 11.9 Å². The van der Waals surface area contributed by atoms with E-state index in [0.717, 1.165) is 11.1 Å². The number of quaternary nitrogens is 2. The minimum Gasteiger partial charge on any atom is -0.369 e. The zero-order chi connectivity index (χ0) is 30.5. The Morgan fingerprint density at radius 2 is 0.930 bits per heavy atom. The van der Waals surface area contributed by atoms with Gasteiger partial charge in [0.1, 0.15) is 0 Å². The summed E-state index contributed by atoms with van der Waals surface area (Å²) in [4.78, 5) is 20.9. The molecule has 43 heavy (non-hydrogen) atoms. The molecule has 0 aliphatic rings. The van der Waals surface area contributed by atoms with Gasteiger partial charge in [-0.1, -0.05) is 54.9 Å². The number of halogens is 2. The number of hydrogen-bond donors (Lipinski definition) is 6. The van der Waals surface area contributed by atoms with E-state index < -0.39 is 0 Å². The Hall–Kier alpha value is -4.36. The van der Waals surface area contributed by atoms with Crippen molar-refractivity contribution in [3.63, 3.8) is 0 Å². The van der Waals surface area contributed by atoms with E-state index in [0.29, 0.717) is 60.7 Å². The molecule has 0 unspecified atom stereocenters. The molecular weight excluding hydrogens is 587 g/mol. The van der Waals surface area contributed by atoms with Gasteiger partial charge in [-0.25, -0.2) is 9.98 Å². The predicted octanol–water partition coefficient (Wildman–Crippen LogP) is 1.86. The highest BCUT2D eigenvalue weighted by Gasteiger charge is 2.13. The Labute approximate surface area is 265 Å². The summed E-state index contributed by atoms with van der Waals surface area (Å²) < 4.78 is 0. The second-order valence-corrected chi connectivity index (χ2v) is 10.1. The Bertz CT molecular complexity index is 1310. The van der Waals surface area contributed by atoms with E-state index in [2.05, 4.69) is 31.4 Å². The number of hydrogen-bond acceptors (Lipinski definition) is 2. The third-order valence-corrected chi connectivity index (χ3v) is 6.38. The molecule has 0 heterocycles. The fourth-order valence-corrected chi connectivity index (χ4v) is 4.10. The molecule has 0 aromatic heterocycles. The van der Waals surface area contributed by atoms with Crippen LogP contribution in [-0.2, 0) is 13.1 Å². The average Bonchev–Trinajstić information content (AvgIpc) is 2.96. The van der Waals surface area contributed by atoms with Gasteiger partial charge in [-0.3, -0.25) is 0 Å². The lowest BCUT2D eigenvalue weighted by molar-refractivity contribution is -0.368. The van der Waals surface area contributed by atoms with E-state index in [1.54, 1.807) is 48.5 Å². The number of benzene rings is 3. The van der Waals surface area contributed by atoms with E-state index in [1.807, 2.05) is 34.1 Å². The van der Waals surface area contributed by atoms with Crippen LogP contribution < -0.4 is 34.4 Å². The first-order valence-electron chi connectivity index (χ1n) is 13.2. The van der Waals surface area contributed by atoms with Gasteiger partial charge in [0.25, 0.3) is 0 Å². The van der Waals surface area contributed by atoms with Crippen LogP contribution >= 0.6 is 23.2 Å². The summed E-state index contributed by atoms with van der Waals surface area (Å²) in [6.45, 7) is 3.48. The summed E-state index contributed by atoms with van der Waals surface area (Å²) in [6.07, 6.45) is 0. The van der Waals surface area contributed by atoms with Crippen molar-refractivity contribution in [1.82, 2.24) is 9.80 Å². The summed E-state index contributed by atoms with van der Waals surface area (Å²) in [5.74, 6) is 0.591. The summed E-state index contributed by atoms with van der Waals surface area (Å²) in [5, 5.41) is 1.22. The highest BCUT2D eigenvalue weighted by atomic mass is 35.5. The SMILES string of the molecule is C.NC(=Nc1ccc(Cl)cc1)N=C(N)N(CC[NH3+])Cc1ccc(CN(CC[NH3+])C(N)=NC(N)=Nc2ccc(Cl)cc2)cc1.[H+].[H+]. The summed E-state index contributed by atoms with van der Waals surface area (Å²) in [6, 6.07) is 22.0. The molecule has 230 valence electrons. The highest BCUT2D eigenvalue weighted by Crippen LogP contribution is 2.17. The van der Waals surface area contributed by atoms with Crippen LogP contribution in [0, 0.1) is 0 Å². The van der Waals surface area contributed by atoms with Gasteiger partial charge in [0, 0.05) is 23.1 Å². The second kappa shape index (κ2) is 17.6. The molecule has 14 N–H and O–H groups in total. The Morgan fingerprint density at radius 3 is 1.23 bits per heavy atom. The summed E-state index contributed by atoms with van der Waals surface area (Å²) in [5.41, 5.74) is 35.8. The van der Waals surface area contributed by atoms with Crippen LogP contribution in [0.4, 0.5) is 11.4 Å². The normalized spacial score (nSPS) is 12.6. The fourth-order valence-electron chi connectivity index (χ4n) is 3.84. The first-order chi connectivity index (χ1) is 20.2. The number of nitrogens with two attached hydrogens (primary N) is 4. The van der Waals surface area contributed by atoms with Gasteiger partial charge in [0.2, 0.25) is 11.9 Å². The lowest BCUT2D eigenvalue weighted by Gasteiger charge is -2.23. The average molecular weight is 632 g/mol.